The molecule has 432 valence electrons. The van der Waals surface area contributed by atoms with Gasteiger partial charge in [0.15, 0.2) is 34.9 Å². The van der Waals surface area contributed by atoms with Gasteiger partial charge in [0.05, 0.1) is 10.8 Å². The molecule has 12 aromatic carbocycles. The lowest BCUT2D eigenvalue weighted by Gasteiger charge is -2.12. The Labute approximate surface area is 529 Å². The minimum Gasteiger partial charge on any atom is -0.456 e. The number of hydrogen-bond acceptors (Lipinski definition) is 11. The smallest absolute Gasteiger partial charge is 0.183 e. The second kappa shape index (κ2) is 20.9. The van der Waals surface area contributed by atoms with Crippen LogP contribution in [-0.2, 0) is 0 Å². The first-order valence-electron chi connectivity index (χ1n) is 30.8. The van der Waals surface area contributed by atoms with E-state index >= 15 is 0 Å². The number of para-hydroxylation sites is 3. The highest BCUT2D eigenvalue weighted by atomic mass is 16.3. The predicted octanol–water partition coefficient (Wildman–Crippen LogP) is 21.0. The third-order valence-electron chi connectivity index (χ3n) is 17.8. The normalized spacial score (nSPS) is 11.9. The summed E-state index contributed by atoms with van der Waals surface area (Å²) >= 11 is 0. The predicted molar refractivity (Wildman–Crippen MR) is 372 cm³/mol. The van der Waals surface area contributed by atoms with E-state index in [0.29, 0.717) is 51.9 Å². The van der Waals surface area contributed by atoms with Gasteiger partial charge in [-0.1, -0.05) is 212 Å². The number of nitrogens with zero attached hydrogens (tertiary/aromatic N) is 8. The molecule has 0 aliphatic carbocycles. The maximum atomic E-state index is 6.85. The molecule has 0 aliphatic rings. The molecule has 11 nitrogen and oxygen atoms in total. The quantitative estimate of drug-likeness (QED) is 0.136. The van der Waals surface area contributed by atoms with Gasteiger partial charge >= 0.3 is 0 Å². The van der Waals surface area contributed by atoms with Crippen molar-refractivity contribution in [3.8, 4) is 102 Å². The van der Waals surface area contributed by atoms with Crippen molar-refractivity contribution in [2.75, 3.05) is 0 Å². The highest BCUT2D eigenvalue weighted by Gasteiger charge is 2.26. The fourth-order valence-corrected chi connectivity index (χ4v) is 13.3. The topological polar surface area (TPSA) is 143 Å². The van der Waals surface area contributed by atoms with E-state index in [0.717, 1.165) is 148 Å². The third-order valence-corrected chi connectivity index (χ3v) is 17.8. The van der Waals surface area contributed by atoms with Crippen LogP contribution in [0.4, 0.5) is 0 Å². The molecule has 19 rings (SSSR count). The second-order valence-electron chi connectivity index (χ2n) is 23.4. The lowest BCUT2D eigenvalue weighted by molar-refractivity contribution is 0.669. The van der Waals surface area contributed by atoms with Crippen molar-refractivity contribution in [1.29, 1.82) is 0 Å². The largest absolute Gasteiger partial charge is 0.456 e. The van der Waals surface area contributed by atoms with E-state index in [2.05, 4.69) is 133 Å². The lowest BCUT2D eigenvalue weighted by Crippen LogP contribution is -2.02. The van der Waals surface area contributed by atoms with Gasteiger partial charge in [-0.05, 0) is 109 Å². The molecule has 0 spiro atoms. The minimum absolute atomic E-state index is 0.429. The van der Waals surface area contributed by atoms with E-state index in [1.807, 2.05) is 146 Å². The molecule has 0 fully saturated rings. The molecule has 0 saturated carbocycles. The van der Waals surface area contributed by atoms with Crippen LogP contribution in [0.5, 0.6) is 0 Å². The molecule has 0 aliphatic heterocycles. The van der Waals surface area contributed by atoms with Gasteiger partial charge in [-0.2, -0.15) is 0 Å². The summed E-state index contributed by atoms with van der Waals surface area (Å²) in [5, 5.41) is 12.0. The van der Waals surface area contributed by atoms with Gasteiger partial charge in [0.1, 0.15) is 44.9 Å². The van der Waals surface area contributed by atoms with Crippen LogP contribution in [-0.4, -0.2) is 39.9 Å². The van der Waals surface area contributed by atoms with Crippen molar-refractivity contribution in [2.24, 2.45) is 0 Å². The van der Waals surface area contributed by atoms with Crippen molar-refractivity contribution in [1.82, 2.24) is 39.9 Å². The number of hydrogen-bond donors (Lipinski definition) is 0. The molecule has 7 aromatic heterocycles. The molecule has 0 N–H and O–H groups in total. The molecule has 0 radical (unpaired) electrons. The highest BCUT2D eigenvalue weighted by molar-refractivity contribution is 6.17. The van der Waals surface area contributed by atoms with Crippen LogP contribution in [0.15, 0.2) is 293 Å². The van der Waals surface area contributed by atoms with E-state index < -0.39 is 0 Å². The summed E-state index contributed by atoms with van der Waals surface area (Å²) in [5.74, 6) is 2.99. The van der Waals surface area contributed by atoms with E-state index in [1.165, 1.54) is 0 Å². The zero-order valence-electron chi connectivity index (χ0n) is 49.4. The number of pyridine rings is 2. The Balaban J connectivity index is 0.688. The van der Waals surface area contributed by atoms with Crippen molar-refractivity contribution < 1.29 is 13.3 Å². The summed E-state index contributed by atoms with van der Waals surface area (Å²) < 4.78 is 19.9. The first-order valence-corrected chi connectivity index (χ1v) is 30.8. The summed E-state index contributed by atoms with van der Waals surface area (Å²) in [7, 11) is 0. The van der Waals surface area contributed by atoms with E-state index in [-0.39, 0.29) is 0 Å². The summed E-state index contributed by atoms with van der Waals surface area (Å²) in [4.78, 5) is 41.6. The van der Waals surface area contributed by atoms with Crippen LogP contribution in [0.1, 0.15) is 0 Å². The standard InChI is InChI=1S/C82H46N8O3/c1-3-17-49(18-4-1)77-85-79(89-81(87-77)73-71-61-23-10-13-27-67(61)92-75(71)64(45-83-73)56-37-31-47-16-7-8-21-51(47)41-56)58-39-32-48-30-33-55(43-59(48)44-58)52-34-35-54-42-57(38-36-53(54)40-52)65-46-84-74(72-62-24-11-14-28-68(62)93-76(65)72)82-88-78(50-19-5-2-6-20-50)86-80(90-82)63-25-15-29-69-70(63)60-22-9-12-26-66(60)91-69/h1-46H. The van der Waals surface area contributed by atoms with Gasteiger partial charge in [0.25, 0.3) is 0 Å². The van der Waals surface area contributed by atoms with Gasteiger partial charge in [0.2, 0.25) is 0 Å². The summed E-state index contributed by atoms with van der Waals surface area (Å²) in [6, 6.07) is 91.2. The summed E-state index contributed by atoms with van der Waals surface area (Å²) in [6.07, 6.45) is 3.77. The Morgan fingerprint density at radius 2 is 0.591 bits per heavy atom. The fraction of sp³-hybridized carbons (Fsp3) is 0. The molecular formula is C82H46N8O3. The van der Waals surface area contributed by atoms with Gasteiger partial charge in [0, 0.05) is 67.3 Å². The van der Waals surface area contributed by atoms with Gasteiger partial charge < -0.3 is 13.3 Å². The number of furan rings is 3. The highest BCUT2D eigenvalue weighted by Crippen LogP contribution is 2.45. The molecule has 19 aromatic rings. The molecule has 0 atom stereocenters. The van der Waals surface area contributed by atoms with Crippen molar-refractivity contribution in [3.05, 3.63) is 279 Å². The van der Waals surface area contributed by atoms with Crippen molar-refractivity contribution in [3.63, 3.8) is 0 Å². The Bertz CT molecular complexity index is 6280. The molecule has 11 heteroatoms. The van der Waals surface area contributed by atoms with Crippen molar-refractivity contribution in [2.45, 2.75) is 0 Å². The monoisotopic (exact) mass is 1190 g/mol. The fourth-order valence-electron chi connectivity index (χ4n) is 13.3. The number of fused-ring (bicyclic) bond motifs is 12. The Kier molecular flexibility index (Phi) is 11.7. The van der Waals surface area contributed by atoms with Gasteiger partial charge in [-0.15, -0.1) is 0 Å². The number of rotatable bonds is 9. The minimum atomic E-state index is 0.429. The van der Waals surface area contributed by atoms with Crippen LogP contribution in [0.3, 0.4) is 0 Å². The number of aromatic nitrogens is 8. The van der Waals surface area contributed by atoms with Gasteiger partial charge in [-0.25, -0.2) is 29.9 Å². The maximum absolute atomic E-state index is 6.85. The average Bonchev–Trinajstić information content (AvgIpc) is 1.69. The summed E-state index contributed by atoms with van der Waals surface area (Å²) in [5.41, 5.74) is 14.9. The van der Waals surface area contributed by atoms with Crippen LogP contribution >= 0.6 is 0 Å². The van der Waals surface area contributed by atoms with Crippen LogP contribution in [0, 0.1) is 0 Å². The molecule has 93 heavy (non-hydrogen) atoms. The van der Waals surface area contributed by atoms with E-state index in [1.54, 1.807) is 0 Å². The van der Waals surface area contributed by atoms with Crippen LogP contribution in [0.2, 0.25) is 0 Å². The Hall–Kier alpha value is -12.9. The lowest BCUT2D eigenvalue weighted by atomic mass is 9.96. The zero-order chi connectivity index (χ0) is 61.1. The number of benzene rings is 12. The second-order valence-corrected chi connectivity index (χ2v) is 23.4. The molecule has 0 saturated heterocycles. The zero-order valence-corrected chi connectivity index (χ0v) is 49.4. The molecule has 7 heterocycles. The Morgan fingerprint density at radius 1 is 0.215 bits per heavy atom. The first-order chi connectivity index (χ1) is 46.0. The van der Waals surface area contributed by atoms with E-state index in [9.17, 15) is 0 Å². The Morgan fingerprint density at radius 3 is 1.17 bits per heavy atom. The van der Waals surface area contributed by atoms with Crippen LogP contribution in [0.25, 0.3) is 200 Å². The molecule has 0 bridgehead atoms. The average molecular weight is 1190 g/mol. The molecule has 0 unspecified atom stereocenters. The summed E-state index contributed by atoms with van der Waals surface area (Å²) in [6.45, 7) is 0. The molecule has 0 amide bonds. The van der Waals surface area contributed by atoms with E-state index in [4.69, 9.17) is 53.1 Å². The van der Waals surface area contributed by atoms with Crippen molar-refractivity contribution >= 4 is 98.1 Å². The maximum Gasteiger partial charge on any atom is 0.183 e. The van der Waals surface area contributed by atoms with Gasteiger partial charge in [-0.3, -0.25) is 9.97 Å². The third kappa shape index (κ3) is 8.74. The first kappa shape index (κ1) is 52.1. The molecular weight excluding hydrogens is 1140 g/mol. The van der Waals surface area contributed by atoms with Crippen LogP contribution < -0.4 is 0 Å². The SMILES string of the molecule is c1ccc(-c2nc(-c3ccc4ccc(-c5ccc6cc(-c7cnc(-c8nc(-c9ccccc9)nc(-c9cccc%10oc%11ccccc%11c9%10)n8)c8c7oc7ccccc78)ccc6c5)cc4c3)nc(-c3ncc(-c4ccc5ccccc5c4)c4oc5ccccc5c34)n2)cc1.